The number of halogens is 2. The van der Waals surface area contributed by atoms with Crippen molar-refractivity contribution in [1.82, 2.24) is 0 Å². The molecule has 1 unspecified atom stereocenters. The molecular weight excluding hydrogens is 466 g/mol. The average Bonchev–Trinajstić information content (AvgIpc) is 3.05. The molecule has 2 aliphatic rings. The van der Waals surface area contributed by atoms with Gasteiger partial charge in [-0.25, -0.2) is 0 Å². The fraction of sp³-hybridized carbons (Fsp3) is 0.333. The number of unbranched alkanes of at least 4 members (excludes halogenated alkanes) is 1. The van der Waals surface area contributed by atoms with Gasteiger partial charge in [0.1, 0.15) is 0 Å². The summed E-state index contributed by atoms with van der Waals surface area (Å²) in [7, 11) is 0. The van der Waals surface area contributed by atoms with Crippen LogP contribution in [0.2, 0.25) is 0 Å². The normalized spacial score (nSPS) is 18.0. The number of hydrogen-bond acceptors (Lipinski definition) is 0. The molecule has 0 radical (unpaired) electrons. The molecule has 1 atom stereocenters. The van der Waals surface area contributed by atoms with E-state index in [1.807, 2.05) is 3.33 Å². The molecule has 3 heteroatoms. The predicted octanol–water partition coefficient (Wildman–Crippen LogP) is -0.751. The maximum Gasteiger partial charge on any atom is -1.00 e. The number of fused-ring (bicyclic) bond motifs is 1. The Bertz CT molecular complexity index is 558. The van der Waals surface area contributed by atoms with Gasteiger partial charge in [-0.15, -0.1) is 0 Å². The van der Waals surface area contributed by atoms with E-state index in [0.717, 1.165) is 3.67 Å². The summed E-state index contributed by atoms with van der Waals surface area (Å²) in [4.78, 5) is 0. The third kappa shape index (κ3) is 4.43. The number of allylic oxidation sites excluding steroid dienone is 5. The van der Waals surface area contributed by atoms with Crippen molar-refractivity contribution in [1.29, 1.82) is 0 Å². The minimum atomic E-state index is -0.749. The molecule has 110 valence electrons. The summed E-state index contributed by atoms with van der Waals surface area (Å²) >= 11 is -0.749. The van der Waals surface area contributed by atoms with E-state index >= 15 is 0 Å². The van der Waals surface area contributed by atoms with Crippen LogP contribution in [-0.2, 0) is 22.9 Å². The smallest absolute Gasteiger partial charge is 1.00 e. The molecule has 0 saturated heterocycles. The van der Waals surface area contributed by atoms with E-state index in [0.29, 0.717) is 0 Å². The molecule has 2 aliphatic carbocycles. The predicted molar refractivity (Wildman–Crippen MR) is 78.5 cm³/mol. The quantitative estimate of drug-likeness (QED) is 0.482. The van der Waals surface area contributed by atoms with Gasteiger partial charge in [0.15, 0.2) is 0 Å². The van der Waals surface area contributed by atoms with E-state index in [2.05, 4.69) is 55.5 Å². The van der Waals surface area contributed by atoms with Gasteiger partial charge in [0.2, 0.25) is 0 Å². The molecule has 0 saturated carbocycles. The summed E-state index contributed by atoms with van der Waals surface area (Å²) < 4.78 is 2.66. The molecule has 0 N–H and O–H groups in total. The van der Waals surface area contributed by atoms with Crippen molar-refractivity contribution in [2.24, 2.45) is 0 Å². The largest absolute Gasteiger partial charge is 1.00 e. The van der Waals surface area contributed by atoms with Crippen LogP contribution in [-0.4, -0.2) is 0 Å². The fourth-order valence-electron chi connectivity index (χ4n) is 2.87. The summed E-state index contributed by atoms with van der Waals surface area (Å²) in [6.45, 7) is 2.29. The maximum absolute atomic E-state index is 2.47. The molecule has 0 heterocycles. The Kier molecular flexibility index (Phi) is 8.23. The van der Waals surface area contributed by atoms with E-state index in [-0.39, 0.29) is 24.8 Å². The molecule has 3 rings (SSSR count). The second-order valence-electron chi connectivity index (χ2n) is 5.32. The molecule has 0 amide bonds. The molecule has 1 aromatic rings. The molecule has 0 aromatic heterocycles. The molecule has 1 aromatic carbocycles. The summed E-state index contributed by atoms with van der Waals surface area (Å²) in [5.41, 5.74) is 4.75. The molecule has 21 heavy (non-hydrogen) atoms. The molecule has 0 fully saturated rings. The van der Waals surface area contributed by atoms with Crippen molar-refractivity contribution in [2.45, 2.75) is 36.3 Å². The van der Waals surface area contributed by atoms with Crippen LogP contribution in [0.3, 0.4) is 0 Å². The van der Waals surface area contributed by atoms with Gasteiger partial charge in [0.25, 0.3) is 0 Å². The van der Waals surface area contributed by atoms with Gasteiger partial charge in [-0.05, 0) is 0 Å². The maximum atomic E-state index is 2.47. The van der Waals surface area contributed by atoms with Gasteiger partial charge in [0.05, 0.1) is 0 Å². The first-order chi connectivity index (χ1) is 9.38. The van der Waals surface area contributed by atoms with E-state index in [9.17, 15) is 0 Å². The number of hydrogen-bond donors (Lipinski definition) is 0. The van der Waals surface area contributed by atoms with Crippen LogP contribution in [0, 0.1) is 0 Å². The Labute approximate surface area is 152 Å². The fourth-order valence-corrected chi connectivity index (χ4v) is 8.67. The molecule has 0 nitrogen and oxygen atoms in total. The van der Waals surface area contributed by atoms with Crippen LogP contribution in [0.15, 0.2) is 51.4 Å². The topological polar surface area (TPSA) is 0 Å². The second kappa shape index (κ2) is 9.12. The third-order valence-electron chi connectivity index (χ3n) is 3.96. The summed E-state index contributed by atoms with van der Waals surface area (Å²) in [6, 6.07) is 8.94. The Morgan fingerprint density at radius 2 is 1.95 bits per heavy atom. The first-order valence-electron chi connectivity index (χ1n) is 7.30. The monoisotopic (exact) mass is 486 g/mol. The van der Waals surface area contributed by atoms with Crippen molar-refractivity contribution >= 4 is 6.08 Å². The van der Waals surface area contributed by atoms with Crippen LogP contribution in [0.5, 0.6) is 0 Å². The second-order valence-corrected chi connectivity index (χ2v) is 10.8. The average molecular weight is 486 g/mol. The SMILES string of the molecule is CCCCC1=[C]([Hf+2][CH]2C=Cc3ccccc32)CC=C1.[Cl-].[Cl-]. The van der Waals surface area contributed by atoms with E-state index in [1.54, 1.807) is 11.1 Å². The van der Waals surface area contributed by atoms with E-state index < -0.39 is 22.9 Å². The standard InChI is InChI=1S/C9H7.C9H13.2ClH.Hf/c1-2-5-9-7-3-6-8(9)4-1;1-2-3-6-9-7-4-5-8-9;;;/h1-7H;4,7H,2-3,5-6H2,1H3;2*1H;/q;;;;+2/p-2. The van der Waals surface area contributed by atoms with Gasteiger partial charge in [-0.3, -0.25) is 0 Å². The van der Waals surface area contributed by atoms with Crippen LogP contribution >= 0.6 is 0 Å². The van der Waals surface area contributed by atoms with Gasteiger partial charge < -0.3 is 24.8 Å². The van der Waals surface area contributed by atoms with Gasteiger partial charge in [0, 0.05) is 0 Å². The molecular formula is C18H20Cl2Hf. The summed E-state index contributed by atoms with van der Waals surface area (Å²) in [5, 5.41) is 0. The van der Waals surface area contributed by atoms with E-state index in [1.165, 1.54) is 31.2 Å². The summed E-state index contributed by atoms with van der Waals surface area (Å²) in [5.74, 6) is 0. The van der Waals surface area contributed by atoms with Crippen LogP contribution < -0.4 is 24.8 Å². The minimum Gasteiger partial charge on any atom is -1.00 e. The Morgan fingerprint density at radius 3 is 2.76 bits per heavy atom. The van der Waals surface area contributed by atoms with Gasteiger partial charge in [-0.1, -0.05) is 0 Å². The molecule has 0 spiro atoms. The van der Waals surface area contributed by atoms with Crippen molar-refractivity contribution in [3.63, 3.8) is 0 Å². The Balaban J connectivity index is 0.00000110. The van der Waals surface area contributed by atoms with Crippen molar-refractivity contribution in [3.05, 3.63) is 62.5 Å². The van der Waals surface area contributed by atoms with Crippen molar-refractivity contribution < 1.29 is 47.7 Å². The zero-order valence-electron chi connectivity index (χ0n) is 12.3. The van der Waals surface area contributed by atoms with Gasteiger partial charge in [-0.2, -0.15) is 0 Å². The third-order valence-corrected chi connectivity index (χ3v) is 10.0. The van der Waals surface area contributed by atoms with Crippen LogP contribution in [0.1, 0.15) is 47.4 Å². The number of rotatable bonds is 5. The van der Waals surface area contributed by atoms with Crippen molar-refractivity contribution in [2.75, 3.05) is 0 Å². The first-order valence-corrected chi connectivity index (χ1v) is 11.2. The zero-order chi connectivity index (χ0) is 13.1. The van der Waals surface area contributed by atoms with Crippen LogP contribution in [0.4, 0.5) is 0 Å². The van der Waals surface area contributed by atoms with E-state index in [4.69, 9.17) is 0 Å². The molecule has 0 aliphatic heterocycles. The zero-order valence-corrected chi connectivity index (χ0v) is 17.4. The Hall–Kier alpha value is -0.110. The van der Waals surface area contributed by atoms with Crippen LogP contribution in [0.25, 0.3) is 6.08 Å². The van der Waals surface area contributed by atoms with Gasteiger partial charge >= 0.3 is 128 Å². The molecule has 0 bridgehead atoms. The summed E-state index contributed by atoms with van der Waals surface area (Å²) in [6.07, 6.45) is 14.8. The van der Waals surface area contributed by atoms with Crippen molar-refractivity contribution in [3.8, 4) is 0 Å². The Morgan fingerprint density at radius 1 is 1.14 bits per heavy atom. The number of benzene rings is 1. The first kappa shape index (κ1) is 18.9. The minimum absolute atomic E-state index is 0.